The van der Waals surface area contributed by atoms with Crippen LogP contribution in [0.1, 0.15) is 168 Å². The predicted molar refractivity (Wildman–Crippen MR) is 178 cm³/mol. The molecule has 3 atom stereocenters. The largest absolute Gasteiger partial charge is 1.00 e. The Balaban J connectivity index is 0. The van der Waals surface area contributed by atoms with Crippen molar-refractivity contribution in [1.82, 2.24) is 0 Å². The van der Waals surface area contributed by atoms with E-state index in [1.54, 1.807) is 0 Å². The van der Waals surface area contributed by atoms with Gasteiger partial charge in [0.15, 0.2) is 6.10 Å². The van der Waals surface area contributed by atoms with Crippen molar-refractivity contribution in [3.63, 3.8) is 0 Å². The number of nitrogens with two attached hydrogens (primary N) is 1. The molecule has 272 valence electrons. The van der Waals surface area contributed by atoms with Crippen LogP contribution in [-0.4, -0.2) is 55.0 Å². The minimum Gasteiger partial charge on any atom is -0.756 e. The van der Waals surface area contributed by atoms with Crippen molar-refractivity contribution in [1.29, 1.82) is 0 Å². The first-order chi connectivity index (χ1) is 22.1. The second kappa shape index (κ2) is 34.0. The van der Waals surface area contributed by atoms with Crippen LogP contribution in [0.5, 0.6) is 0 Å². The smallest absolute Gasteiger partial charge is 0.756 e. The van der Waals surface area contributed by atoms with E-state index in [0.717, 1.165) is 38.5 Å². The Hall–Kier alpha value is -0.520. The van der Waals surface area contributed by atoms with Gasteiger partial charge in [-0.05, 0) is 12.8 Å². The number of carbonyl (C=O) groups is 3. The van der Waals surface area contributed by atoms with Crippen molar-refractivity contribution in [3.05, 3.63) is 0 Å². The molecule has 0 radical (unpaired) electrons. The molecule has 0 bridgehead atoms. The molecule has 0 aromatic rings. The Morgan fingerprint density at radius 3 is 1.38 bits per heavy atom. The number of aliphatic carboxylic acids is 1. The molecule has 0 amide bonds. The topological polar surface area (TPSA) is 175 Å². The van der Waals surface area contributed by atoms with Crippen LogP contribution < -0.4 is 40.2 Å². The quantitative estimate of drug-likeness (QED) is 0.0410. The number of carboxylic acids is 1. The fraction of sp³-hybridized carbons (Fsp3) is 0.912. The number of carboxylic acid groups (broad SMARTS) is 1. The van der Waals surface area contributed by atoms with Gasteiger partial charge in [0, 0.05) is 12.8 Å². The Morgan fingerprint density at radius 2 is 0.979 bits per heavy atom. The summed E-state index contributed by atoms with van der Waals surface area (Å²) in [6.45, 7) is 2.61. The molecule has 0 saturated heterocycles. The van der Waals surface area contributed by atoms with Gasteiger partial charge < -0.3 is 34.3 Å². The zero-order valence-electron chi connectivity index (χ0n) is 29.9. The molecular weight excluding hydrogens is 636 g/mol. The van der Waals surface area contributed by atoms with E-state index >= 15 is 0 Å². The van der Waals surface area contributed by atoms with Crippen molar-refractivity contribution >= 4 is 25.7 Å². The van der Waals surface area contributed by atoms with Gasteiger partial charge in [-0.2, -0.15) is 0 Å². The summed E-state index contributed by atoms with van der Waals surface area (Å²) in [6.07, 6.45) is 24.4. The Bertz CT molecular complexity index is 820. The van der Waals surface area contributed by atoms with Crippen LogP contribution in [0.4, 0.5) is 0 Å². The fourth-order valence-electron chi connectivity index (χ4n) is 4.94. The number of hydrogen-bond acceptors (Lipinski definition) is 10. The molecule has 0 spiro atoms. The summed E-state index contributed by atoms with van der Waals surface area (Å²) >= 11 is 0. The van der Waals surface area contributed by atoms with Crippen molar-refractivity contribution in [2.75, 3.05) is 19.8 Å². The Labute approximate surface area is 307 Å². The van der Waals surface area contributed by atoms with Gasteiger partial charge in [0.2, 0.25) is 0 Å². The number of esters is 2. The van der Waals surface area contributed by atoms with Crippen LogP contribution in [0.2, 0.25) is 0 Å². The molecular formula is C34H65NNaO10P. The molecule has 0 rings (SSSR count). The van der Waals surface area contributed by atoms with E-state index in [2.05, 4.69) is 18.4 Å². The van der Waals surface area contributed by atoms with Gasteiger partial charge in [0.25, 0.3) is 7.82 Å². The summed E-state index contributed by atoms with van der Waals surface area (Å²) in [5, 5.41) is 8.81. The standard InChI is InChI=1S/C34H66NO10P.Na/c1-3-5-7-9-11-13-15-17-19-21-23-25-32(36)42-27-30(28-43-46(40,41)44-29-31(35)34(38)39)45-33(37)26-24-22-20-18-16-14-12-10-8-6-4-2;/h30-31H,3-29,35H2,1-2H3,(H,38,39)(H,40,41);/q;+1/p-1/t30-,31-;/m1./s1. The van der Waals surface area contributed by atoms with Crippen LogP contribution in [0.25, 0.3) is 0 Å². The van der Waals surface area contributed by atoms with E-state index < -0.39 is 51.1 Å². The third-order valence-electron chi connectivity index (χ3n) is 7.85. The predicted octanol–water partition coefficient (Wildman–Crippen LogP) is 4.76. The number of phosphoric acid groups is 1. The average molecular weight is 702 g/mol. The number of carbonyl (C=O) groups excluding carboxylic acids is 2. The maximum atomic E-state index is 12.5. The van der Waals surface area contributed by atoms with Crippen LogP contribution in [0.3, 0.4) is 0 Å². The summed E-state index contributed by atoms with van der Waals surface area (Å²) in [6, 6.07) is -1.55. The molecule has 11 nitrogen and oxygen atoms in total. The molecule has 0 aromatic carbocycles. The SMILES string of the molecule is CCCCCCCCCCCCCC(=O)OC[C@H](COP(=O)([O-])OC[C@@H](N)C(=O)O)OC(=O)CCCCCCCCCCCCC.[Na+]. The van der Waals surface area contributed by atoms with E-state index in [1.807, 2.05) is 0 Å². The van der Waals surface area contributed by atoms with Crippen LogP contribution in [0.15, 0.2) is 0 Å². The molecule has 0 fully saturated rings. The van der Waals surface area contributed by atoms with E-state index in [9.17, 15) is 23.8 Å². The second-order valence-corrected chi connectivity index (χ2v) is 13.8. The minimum atomic E-state index is -4.95. The van der Waals surface area contributed by atoms with E-state index in [-0.39, 0.29) is 49.0 Å². The van der Waals surface area contributed by atoms with E-state index in [1.165, 1.54) is 89.9 Å². The number of hydrogen-bond donors (Lipinski definition) is 2. The molecule has 0 heterocycles. The molecule has 1 unspecified atom stereocenters. The first kappa shape index (κ1) is 48.6. The van der Waals surface area contributed by atoms with Gasteiger partial charge in [-0.1, -0.05) is 142 Å². The van der Waals surface area contributed by atoms with Gasteiger partial charge >= 0.3 is 47.5 Å². The molecule has 0 aliphatic rings. The zero-order valence-corrected chi connectivity index (χ0v) is 32.8. The van der Waals surface area contributed by atoms with Gasteiger partial charge in [0.1, 0.15) is 12.6 Å². The van der Waals surface area contributed by atoms with Crippen molar-refractivity contribution in [2.45, 2.75) is 180 Å². The normalized spacial score (nSPS) is 13.7. The third-order valence-corrected chi connectivity index (χ3v) is 8.78. The number of phosphoric ester groups is 1. The van der Waals surface area contributed by atoms with E-state index in [0.29, 0.717) is 12.8 Å². The fourth-order valence-corrected chi connectivity index (χ4v) is 5.71. The summed E-state index contributed by atoms with van der Waals surface area (Å²) in [5.41, 5.74) is 5.27. The molecule has 0 saturated carbocycles. The number of ether oxygens (including phenoxy) is 2. The molecule has 47 heavy (non-hydrogen) atoms. The minimum absolute atomic E-state index is 0. The molecule has 0 aliphatic carbocycles. The molecule has 0 aromatic heterocycles. The first-order valence-corrected chi connectivity index (χ1v) is 19.5. The van der Waals surface area contributed by atoms with Gasteiger partial charge in [-0.25, -0.2) is 0 Å². The van der Waals surface area contributed by atoms with E-state index in [4.69, 9.17) is 24.8 Å². The summed E-state index contributed by atoms with van der Waals surface area (Å²) in [5.74, 6) is -2.43. The molecule has 0 aliphatic heterocycles. The summed E-state index contributed by atoms with van der Waals surface area (Å²) < 4.78 is 32.1. The second-order valence-electron chi connectivity index (χ2n) is 12.3. The van der Waals surface area contributed by atoms with Crippen molar-refractivity contribution in [3.8, 4) is 0 Å². The molecule has 13 heteroatoms. The Kier molecular flexibility index (Phi) is 35.1. The average Bonchev–Trinajstić information content (AvgIpc) is 3.02. The third kappa shape index (κ3) is 33.7. The van der Waals surface area contributed by atoms with Crippen LogP contribution >= 0.6 is 7.82 Å². The maximum absolute atomic E-state index is 12.5. The van der Waals surface area contributed by atoms with Gasteiger partial charge in [-0.15, -0.1) is 0 Å². The first-order valence-electron chi connectivity index (χ1n) is 18.0. The van der Waals surface area contributed by atoms with Crippen LogP contribution in [-0.2, 0) is 37.5 Å². The monoisotopic (exact) mass is 701 g/mol. The number of rotatable bonds is 34. The molecule has 3 N–H and O–H groups in total. The van der Waals surface area contributed by atoms with Gasteiger partial charge in [-0.3, -0.25) is 18.9 Å². The van der Waals surface area contributed by atoms with Crippen LogP contribution in [0, 0.1) is 0 Å². The van der Waals surface area contributed by atoms with Crippen molar-refractivity contribution < 1.29 is 77.0 Å². The number of unbranched alkanes of at least 4 members (excludes halogenated alkanes) is 20. The zero-order chi connectivity index (χ0) is 34.3. The van der Waals surface area contributed by atoms with Crippen molar-refractivity contribution in [2.24, 2.45) is 5.73 Å². The summed E-state index contributed by atoms with van der Waals surface area (Å²) in [7, 11) is -4.95. The van der Waals surface area contributed by atoms with Gasteiger partial charge in [0.05, 0.1) is 13.2 Å². The Morgan fingerprint density at radius 1 is 0.617 bits per heavy atom. The summed E-state index contributed by atoms with van der Waals surface area (Å²) in [4.78, 5) is 47.7. The maximum Gasteiger partial charge on any atom is 1.00 e.